The third-order valence-electron chi connectivity index (χ3n) is 3.17. The van der Waals surface area contributed by atoms with Crippen LogP contribution in [0.5, 0.6) is 0 Å². The van der Waals surface area contributed by atoms with Gasteiger partial charge in [0, 0.05) is 20.0 Å². The summed E-state index contributed by atoms with van der Waals surface area (Å²) in [6, 6.07) is 6.13. The lowest BCUT2D eigenvalue weighted by Crippen LogP contribution is -2.12. The van der Waals surface area contributed by atoms with E-state index in [1.54, 1.807) is 0 Å². The molecule has 0 saturated heterocycles. The number of nitrogens with two attached hydrogens (primary N) is 1. The van der Waals surface area contributed by atoms with Crippen LogP contribution in [0.2, 0.25) is 0 Å². The molecule has 0 bridgehead atoms. The highest BCUT2D eigenvalue weighted by atomic mass is 16.5. The number of aryl methyl sites for hydroxylation is 2. The Morgan fingerprint density at radius 2 is 2.26 bits per heavy atom. The largest absolute Gasteiger partial charge is 0.465 e. The highest BCUT2D eigenvalue weighted by molar-refractivity contribution is 5.76. The van der Waals surface area contributed by atoms with Crippen molar-refractivity contribution < 1.29 is 9.53 Å². The molecule has 0 spiro atoms. The summed E-state index contributed by atoms with van der Waals surface area (Å²) in [5.74, 6) is 0.749. The van der Waals surface area contributed by atoms with Crippen LogP contribution in [-0.2, 0) is 23.0 Å². The zero-order valence-corrected chi connectivity index (χ0v) is 11.3. The first-order valence-corrected chi connectivity index (χ1v) is 6.39. The molecule has 1 aromatic heterocycles. The van der Waals surface area contributed by atoms with Gasteiger partial charge in [-0.2, -0.15) is 0 Å². The van der Waals surface area contributed by atoms with E-state index in [-0.39, 0.29) is 12.4 Å². The normalized spacial score (nSPS) is 10.9. The van der Waals surface area contributed by atoms with Crippen LogP contribution in [0, 0.1) is 6.92 Å². The molecule has 19 heavy (non-hydrogen) atoms. The van der Waals surface area contributed by atoms with Gasteiger partial charge < -0.3 is 15.0 Å². The summed E-state index contributed by atoms with van der Waals surface area (Å²) >= 11 is 0. The van der Waals surface area contributed by atoms with E-state index >= 15 is 0 Å². The summed E-state index contributed by atoms with van der Waals surface area (Å²) in [6.07, 6.45) is 0.973. The lowest BCUT2D eigenvalue weighted by molar-refractivity contribution is -0.143. The molecule has 1 heterocycles. The van der Waals surface area contributed by atoms with Gasteiger partial charge in [-0.1, -0.05) is 6.07 Å². The number of carbonyl (C=O) groups is 1. The molecule has 1 aromatic carbocycles. The van der Waals surface area contributed by atoms with Gasteiger partial charge in [-0.05, 0) is 24.6 Å². The number of aromatic nitrogens is 2. The van der Waals surface area contributed by atoms with Gasteiger partial charge in [0.1, 0.15) is 5.82 Å². The molecule has 2 aromatic rings. The minimum absolute atomic E-state index is 0.239. The maximum Gasteiger partial charge on any atom is 0.307 e. The topological polar surface area (TPSA) is 70.1 Å². The Morgan fingerprint density at radius 3 is 3.00 bits per heavy atom. The van der Waals surface area contributed by atoms with E-state index in [9.17, 15) is 4.79 Å². The Morgan fingerprint density at radius 1 is 1.47 bits per heavy atom. The highest BCUT2D eigenvalue weighted by Gasteiger charge is 2.06. The van der Waals surface area contributed by atoms with E-state index in [4.69, 9.17) is 10.5 Å². The second-order valence-corrected chi connectivity index (χ2v) is 4.55. The molecule has 0 amide bonds. The third kappa shape index (κ3) is 3.12. The minimum atomic E-state index is -0.239. The molecule has 2 N–H and O–H groups in total. The van der Waals surface area contributed by atoms with Crippen molar-refractivity contribution in [3.8, 4) is 0 Å². The number of carbonyl (C=O) groups excluding carboxylic acids is 1. The van der Waals surface area contributed by atoms with Crippen molar-refractivity contribution in [2.45, 2.75) is 19.8 Å². The average Bonchev–Trinajstić information content (AvgIpc) is 2.65. The van der Waals surface area contributed by atoms with Gasteiger partial charge in [0.2, 0.25) is 0 Å². The van der Waals surface area contributed by atoms with Crippen LogP contribution in [-0.4, -0.2) is 28.7 Å². The second kappa shape index (κ2) is 5.84. The van der Waals surface area contributed by atoms with Crippen LogP contribution in [0.3, 0.4) is 0 Å². The molecule has 102 valence electrons. The Balaban J connectivity index is 2.00. The number of hydrogen-bond donors (Lipinski definition) is 1. The zero-order chi connectivity index (χ0) is 13.8. The van der Waals surface area contributed by atoms with E-state index < -0.39 is 0 Å². The number of benzene rings is 1. The summed E-state index contributed by atoms with van der Waals surface area (Å²) in [6.45, 7) is 2.70. The van der Waals surface area contributed by atoms with Gasteiger partial charge in [-0.15, -0.1) is 0 Å². The van der Waals surface area contributed by atoms with E-state index in [0.29, 0.717) is 19.6 Å². The summed E-state index contributed by atoms with van der Waals surface area (Å²) in [5, 5.41) is 0. The monoisotopic (exact) mass is 261 g/mol. The number of imidazole rings is 1. The van der Waals surface area contributed by atoms with E-state index in [1.807, 2.05) is 32.2 Å². The van der Waals surface area contributed by atoms with Crippen LogP contribution in [0.15, 0.2) is 18.2 Å². The molecular formula is C14H19N3O2. The number of fused-ring (bicyclic) bond motifs is 1. The van der Waals surface area contributed by atoms with Crippen molar-refractivity contribution in [2.24, 2.45) is 12.8 Å². The van der Waals surface area contributed by atoms with Gasteiger partial charge in [0.05, 0.1) is 24.1 Å². The summed E-state index contributed by atoms with van der Waals surface area (Å²) < 4.78 is 7.14. The quantitative estimate of drug-likeness (QED) is 0.824. The zero-order valence-electron chi connectivity index (χ0n) is 11.3. The first-order valence-electron chi connectivity index (χ1n) is 6.39. The molecule has 0 aliphatic heterocycles. The van der Waals surface area contributed by atoms with Crippen LogP contribution in [0.1, 0.15) is 17.8 Å². The number of hydrogen-bond acceptors (Lipinski definition) is 4. The summed E-state index contributed by atoms with van der Waals surface area (Å²) in [5.41, 5.74) is 8.49. The van der Waals surface area contributed by atoms with Crippen molar-refractivity contribution >= 4 is 17.0 Å². The third-order valence-corrected chi connectivity index (χ3v) is 3.17. The first-order chi connectivity index (χ1) is 9.11. The standard InChI is InChI=1S/C14H19N3O2/c1-10-16-12-9-11(3-4-13(12)17(10)2)6-8-19-14(18)5-7-15/h3-4,9H,5-8,15H2,1-2H3. The van der Waals surface area contributed by atoms with Gasteiger partial charge in [-0.25, -0.2) is 4.98 Å². The fraction of sp³-hybridized carbons (Fsp3) is 0.429. The van der Waals surface area contributed by atoms with Gasteiger partial charge >= 0.3 is 5.97 Å². The van der Waals surface area contributed by atoms with Crippen LogP contribution < -0.4 is 5.73 Å². The maximum absolute atomic E-state index is 11.2. The molecule has 0 atom stereocenters. The molecule has 0 unspecified atom stereocenters. The summed E-state index contributed by atoms with van der Waals surface area (Å²) in [4.78, 5) is 15.7. The predicted octanol–water partition coefficient (Wildman–Crippen LogP) is 1.32. The minimum Gasteiger partial charge on any atom is -0.465 e. The Kier molecular flexibility index (Phi) is 4.16. The predicted molar refractivity (Wildman–Crippen MR) is 73.8 cm³/mol. The van der Waals surface area contributed by atoms with E-state index in [2.05, 4.69) is 9.55 Å². The number of rotatable bonds is 5. The number of ether oxygens (including phenoxy) is 1. The Hall–Kier alpha value is -1.88. The van der Waals surface area contributed by atoms with Crippen LogP contribution in [0.4, 0.5) is 0 Å². The molecule has 0 radical (unpaired) electrons. The molecule has 2 rings (SSSR count). The fourth-order valence-corrected chi connectivity index (χ4v) is 1.99. The van der Waals surface area contributed by atoms with Gasteiger partial charge in [0.25, 0.3) is 0 Å². The van der Waals surface area contributed by atoms with Crippen molar-refractivity contribution in [3.63, 3.8) is 0 Å². The second-order valence-electron chi connectivity index (χ2n) is 4.55. The SMILES string of the molecule is Cc1nc2cc(CCOC(=O)CCN)ccc2n1C. The van der Waals surface area contributed by atoms with Crippen LogP contribution >= 0.6 is 0 Å². The van der Waals surface area contributed by atoms with Gasteiger partial charge in [-0.3, -0.25) is 4.79 Å². The molecule has 0 aliphatic carbocycles. The lowest BCUT2D eigenvalue weighted by Gasteiger charge is -2.04. The molecule has 5 heteroatoms. The first kappa shape index (κ1) is 13.5. The number of esters is 1. The van der Waals surface area contributed by atoms with Crippen molar-refractivity contribution in [1.82, 2.24) is 9.55 Å². The average molecular weight is 261 g/mol. The maximum atomic E-state index is 11.2. The lowest BCUT2D eigenvalue weighted by atomic mass is 10.1. The molecule has 0 saturated carbocycles. The van der Waals surface area contributed by atoms with Crippen molar-refractivity contribution in [3.05, 3.63) is 29.6 Å². The van der Waals surface area contributed by atoms with Crippen LogP contribution in [0.25, 0.3) is 11.0 Å². The Labute approximate surface area is 112 Å². The molecule has 0 aliphatic rings. The molecule has 5 nitrogen and oxygen atoms in total. The van der Waals surface area contributed by atoms with E-state index in [0.717, 1.165) is 22.4 Å². The smallest absolute Gasteiger partial charge is 0.307 e. The fourth-order valence-electron chi connectivity index (χ4n) is 1.99. The highest BCUT2D eigenvalue weighted by Crippen LogP contribution is 2.16. The summed E-state index contributed by atoms with van der Waals surface area (Å²) in [7, 11) is 2.00. The Bertz CT molecular complexity index is 590. The van der Waals surface area contributed by atoms with Crippen molar-refractivity contribution in [2.75, 3.05) is 13.2 Å². The van der Waals surface area contributed by atoms with E-state index in [1.165, 1.54) is 0 Å². The number of nitrogens with zero attached hydrogens (tertiary/aromatic N) is 2. The molecular weight excluding hydrogens is 242 g/mol. The molecule has 0 fully saturated rings. The van der Waals surface area contributed by atoms with Crippen molar-refractivity contribution in [1.29, 1.82) is 0 Å². The van der Waals surface area contributed by atoms with Gasteiger partial charge in [0.15, 0.2) is 0 Å².